The van der Waals surface area contributed by atoms with E-state index in [0.29, 0.717) is 0 Å². The number of hydrogen-bond acceptors (Lipinski definition) is 2. The summed E-state index contributed by atoms with van der Waals surface area (Å²) in [6.07, 6.45) is 1.91. The smallest absolute Gasteiger partial charge is 0.264 e. The Hall–Kier alpha value is -1.61. The Kier molecular flexibility index (Phi) is 2.60. The van der Waals surface area contributed by atoms with Crippen molar-refractivity contribution in [2.45, 2.75) is 0 Å². The maximum atomic E-state index is 10.8. The number of thiophene rings is 1. The molecule has 0 unspecified atom stereocenters. The van der Waals surface area contributed by atoms with Crippen LogP contribution in [0.25, 0.3) is 0 Å². The van der Waals surface area contributed by atoms with Crippen molar-refractivity contribution in [1.29, 1.82) is 0 Å². The van der Waals surface area contributed by atoms with Crippen LogP contribution in [0, 0.1) is 0 Å². The van der Waals surface area contributed by atoms with Gasteiger partial charge >= 0.3 is 6.41 Å². The van der Waals surface area contributed by atoms with Gasteiger partial charge in [-0.2, -0.15) is 0 Å². The van der Waals surface area contributed by atoms with Crippen molar-refractivity contribution >= 4 is 28.4 Å². The van der Waals surface area contributed by atoms with Gasteiger partial charge in [0.05, 0.1) is 5.69 Å². The highest BCUT2D eigenvalue weighted by molar-refractivity contribution is 7.14. The summed E-state index contributed by atoms with van der Waals surface area (Å²) < 4.78 is 0. The van der Waals surface area contributed by atoms with Crippen molar-refractivity contribution in [1.82, 2.24) is 0 Å². The van der Waals surface area contributed by atoms with Crippen molar-refractivity contribution in [3.05, 3.63) is 47.8 Å². The Labute approximate surface area is 86.4 Å². The van der Waals surface area contributed by atoms with Crippen LogP contribution in [0.1, 0.15) is 0 Å². The first kappa shape index (κ1) is 8.97. The second-order valence-electron chi connectivity index (χ2n) is 2.71. The molecule has 0 saturated heterocycles. The maximum Gasteiger partial charge on any atom is 0.322 e. The average molecular weight is 202 g/mol. The summed E-state index contributed by atoms with van der Waals surface area (Å²) in [5.41, 5.74) is 0.838. The van der Waals surface area contributed by atoms with Crippen LogP contribution >= 0.6 is 11.3 Å². The topological polar surface area (TPSA) is 20.3 Å². The number of benzene rings is 1. The summed E-state index contributed by atoms with van der Waals surface area (Å²) in [4.78, 5) is 12.3. The number of rotatable bonds is 3. The van der Waals surface area contributed by atoms with E-state index in [1.165, 1.54) is 16.2 Å². The fraction of sp³-hybridized carbons (Fsp3) is 0. The second kappa shape index (κ2) is 4.07. The number of para-hydroxylation sites is 1. The molecule has 0 bridgehead atoms. The molecule has 1 heterocycles. The third kappa shape index (κ3) is 1.67. The van der Waals surface area contributed by atoms with E-state index in [1.54, 1.807) is 0 Å². The summed E-state index contributed by atoms with van der Waals surface area (Å²) in [6.45, 7) is 0. The second-order valence-corrected chi connectivity index (χ2v) is 3.64. The molecule has 2 nitrogen and oxygen atoms in total. The average Bonchev–Trinajstić information content (AvgIpc) is 2.74. The Balaban J connectivity index is 2.36. The molecule has 0 saturated carbocycles. The Bertz CT molecular complexity index is 396. The molecule has 0 fully saturated rings. The first-order chi connectivity index (χ1) is 6.92. The van der Waals surface area contributed by atoms with Crippen molar-refractivity contribution in [3.8, 4) is 0 Å². The summed E-state index contributed by atoms with van der Waals surface area (Å²) in [6, 6.07) is 13.3. The van der Waals surface area contributed by atoms with Gasteiger partial charge in [-0.3, -0.25) is 9.69 Å². The normalized spacial score (nSPS) is 9.71. The molecule has 0 aliphatic heterocycles. The Morgan fingerprint density at radius 1 is 1.07 bits per heavy atom. The van der Waals surface area contributed by atoms with Crippen molar-refractivity contribution in [3.63, 3.8) is 0 Å². The maximum absolute atomic E-state index is 10.8. The van der Waals surface area contributed by atoms with Gasteiger partial charge in [-0.15, -0.1) is 11.3 Å². The first-order valence-electron chi connectivity index (χ1n) is 4.18. The zero-order valence-corrected chi connectivity index (χ0v) is 8.20. The molecule has 3 heteroatoms. The number of nitrogens with zero attached hydrogens (tertiary/aromatic N) is 1. The van der Waals surface area contributed by atoms with E-state index in [9.17, 15) is 4.79 Å². The van der Waals surface area contributed by atoms with Crippen molar-refractivity contribution in [2.75, 3.05) is 4.90 Å². The quantitative estimate of drug-likeness (QED) is 0.701. The van der Waals surface area contributed by atoms with E-state index >= 15 is 0 Å². The highest BCUT2D eigenvalue weighted by atomic mass is 32.1. The number of amides is 1. The van der Waals surface area contributed by atoms with E-state index in [4.69, 9.17) is 0 Å². The van der Waals surface area contributed by atoms with Gasteiger partial charge < -0.3 is 0 Å². The largest absolute Gasteiger partial charge is 0.322 e. The zero-order valence-electron chi connectivity index (χ0n) is 7.38. The molecule has 0 aliphatic carbocycles. The molecule has 0 atom stereocenters. The molecule has 1 aromatic carbocycles. The van der Waals surface area contributed by atoms with Crippen LogP contribution in [-0.2, 0) is 4.79 Å². The van der Waals surface area contributed by atoms with Crippen LogP contribution in [0.2, 0.25) is 0 Å². The predicted molar refractivity (Wildman–Crippen MR) is 58.6 cm³/mol. The lowest BCUT2D eigenvalue weighted by Crippen LogP contribution is -2.11. The van der Waals surface area contributed by atoms with Crippen molar-refractivity contribution in [2.24, 2.45) is 0 Å². The van der Waals surface area contributed by atoms with Gasteiger partial charge in [0.1, 0.15) is 5.00 Å². The number of carbonyl (C=O) groups excluding carboxylic acids is 1. The fourth-order valence-corrected chi connectivity index (χ4v) is 1.90. The van der Waals surface area contributed by atoms with Crippen LogP contribution in [0.3, 0.4) is 0 Å². The molecule has 14 heavy (non-hydrogen) atoms. The summed E-state index contributed by atoms with van der Waals surface area (Å²) >= 11 is 1.51. The van der Waals surface area contributed by atoms with E-state index in [2.05, 4.69) is 0 Å². The van der Waals surface area contributed by atoms with Gasteiger partial charge in [-0.25, -0.2) is 0 Å². The summed E-state index contributed by atoms with van der Waals surface area (Å²) in [7, 11) is 0. The molecule has 2 rings (SSSR count). The first-order valence-corrected chi connectivity index (χ1v) is 5.06. The lowest BCUT2D eigenvalue weighted by molar-refractivity contribution is 0.556. The minimum absolute atomic E-state index is 0.838. The lowest BCUT2D eigenvalue weighted by Gasteiger charge is -2.13. The number of anilines is 2. The van der Waals surface area contributed by atoms with Crippen LogP contribution < -0.4 is 4.90 Å². The van der Waals surface area contributed by atoms with Crippen LogP contribution in [0.5, 0.6) is 0 Å². The molecule has 0 spiro atoms. The van der Waals surface area contributed by atoms with Crippen LogP contribution in [0.4, 0.5) is 10.7 Å². The van der Waals surface area contributed by atoms with Gasteiger partial charge in [-0.1, -0.05) is 18.2 Å². The molecule has 1 amide bonds. The van der Waals surface area contributed by atoms with Gasteiger partial charge in [-0.05, 0) is 29.6 Å². The van der Waals surface area contributed by atoms with Crippen molar-refractivity contribution < 1.29 is 4.79 Å². The fourth-order valence-electron chi connectivity index (χ4n) is 1.20. The molecule has 1 radical (unpaired) electrons. The van der Waals surface area contributed by atoms with Gasteiger partial charge in [0.25, 0.3) is 0 Å². The highest BCUT2D eigenvalue weighted by Crippen LogP contribution is 2.27. The van der Waals surface area contributed by atoms with Crippen LogP contribution in [0.15, 0.2) is 47.8 Å². The molecule has 0 aliphatic rings. The van der Waals surface area contributed by atoms with E-state index in [-0.39, 0.29) is 0 Å². The Morgan fingerprint density at radius 2 is 1.86 bits per heavy atom. The van der Waals surface area contributed by atoms with Crippen LogP contribution in [-0.4, -0.2) is 6.41 Å². The highest BCUT2D eigenvalue weighted by Gasteiger charge is 2.08. The summed E-state index contributed by atoms with van der Waals surface area (Å²) in [5, 5.41) is 2.81. The third-order valence-corrected chi connectivity index (χ3v) is 2.69. The monoisotopic (exact) mass is 202 g/mol. The van der Waals surface area contributed by atoms with Gasteiger partial charge in [0.2, 0.25) is 0 Å². The molecular weight excluding hydrogens is 194 g/mol. The van der Waals surface area contributed by atoms with E-state index < -0.39 is 0 Å². The molecule has 2 aromatic rings. The standard InChI is InChI=1S/C11H8NOS/c13-9-12(11-7-4-8-14-11)10-5-2-1-3-6-10/h1-8H. The van der Waals surface area contributed by atoms with E-state index in [0.717, 1.165) is 10.7 Å². The van der Waals surface area contributed by atoms with E-state index in [1.807, 2.05) is 54.3 Å². The molecule has 69 valence electrons. The van der Waals surface area contributed by atoms with Gasteiger partial charge in [0.15, 0.2) is 0 Å². The summed E-state index contributed by atoms with van der Waals surface area (Å²) in [5.74, 6) is 0. The minimum Gasteiger partial charge on any atom is -0.264 e. The van der Waals surface area contributed by atoms with Gasteiger partial charge in [0, 0.05) is 0 Å². The molecular formula is C11H8NOS. The Morgan fingerprint density at radius 3 is 2.43 bits per heavy atom. The lowest BCUT2D eigenvalue weighted by atomic mass is 10.3. The number of hydrogen-bond donors (Lipinski definition) is 0. The predicted octanol–water partition coefficient (Wildman–Crippen LogP) is 2.95. The zero-order chi connectivity index (χ0) is 9.80. The molecule has 1 aromatic heterocycles. The SMILES string of the molecule is O=[C]N(c1ccccc1)c1cccs1. The third-order valence-electron chi connectivity index (χ3n) is 1.83. The molecule has 0 N–H and O–H groups in total. The minimum atomic E-state index is 0.838.